The Morgan fingerprint density at radius 2 is 2.08 bits per heavy atom. The molecule has 0 N–H and O–H groups in total. The number of carbonyl (C=O) groups is 1. The second-order valence-electron chi connectivity index (χ2n) is 6.71. The van der Waals surface area contributed by atoms with Crippen molar-refractivity contribution in [3.63, 3.8) is 0 Å². The lowest BCUT2D eigenvalue weighted by Crippen LogP contribution is -2.08. The van der Waals surface area contributed by atoms with E-state index in [2.05, 4.69) is 44.1 Å². The third-order valence-electron chi connectivity index (χ3n) is 5.09. The summed E-state index contributed by atoms with van der Waals surface area (Å²) in [6.07, 6.45) is 4.10. The number of fused-ring (bicyclic) bond motifs is 1. The summed E-state index contributed by atoms with van der Waals surface area (Å²) >= 11 is 0. The van der Waals surface area contributed by atoms with Crippen molar-refractivity contribution in [1.82, 2.24) is 9.78 Å². The van der Waals surface area contributed by atoms with E-state index in [0.717, 1.165) is 6.42 Å². The van der Waals surface area contributed by atoms with Gasteiger partial charge in [0, 0.05) is 18.7 Å². The van der Waals surface area contributed by atoms with Crippen molar-refractivity contribution in [2.24, 2.45) is 0 Å². The van der Waals surface area contributed by atoms with Gasteiger partial charge in [-0.25, -0.2) is 9.48 Å². The van der Waals surface area contributed by atoms with Crippen molar-refractivity contribution in [1.29, 1.82) is 0 Å². The summed E-state index contributed by atoms with van der Waals surface area (Å²) in [4.78, 5) is 11.7. The number of nitrogens with zero attached hydrogens (tertiary/aromatic N) is 2. The Kier molecular flexibility index (Phi) is 5.57. The van der Waals surface area contributed by atoms with Gasteiger partial charge in [0.2, 0.25) is 0 Å². The third-order valence-corrected chi connectivity index (χ3v) is 5.09. The van der Waals surface area contributed by atoms with Crippen LogP contribution in [0.1, 0.15) is 60.2 Å². The number of carbonyl (C=O) groups excluding carboxylic acids is 1. The standard InChI is InChI=1S/C21H26N2O3/c1-5-26-21(24)17-11-22-23(12-17)13-25-10-9-18-15(3)16(4)20-14(2)7-6-8-19(18)20/h6-8,11-12,18H,5,9-10,13H2,1-4H3. The molecule has 1 aliphatic rings. The monoisotopic (exact) mass is 354 g/mol. The molecule has 5 nitrogen and oxygen atoms in total. The second kappa shape index (κ2) is 7.87. The summed E-state index contributed by atoms with van der Waals surface area (Å²) in [7, 11) is 0. The van der Waals surface area contributed by atoms with Gasteiger partial charge >= 0.3 is 5.97 Å². The van der Waals surface area contributed by atoms with Gasteiger partial charge in [-0.1, -0.05) is 23.8 Å². The Morgan fingerprint density at radius 3 is 2.85 bits per heavy atom. The number of aryl methyl sites for hydroxylation is 1. The van der Waals surface area contributed by atoms with E-state index >= 15 is 0 Å². The van der Waals surface area contributed by atoms with Crippen molar-refractivity contribution in [2.75, 3.05) is 13.2 Å². The first kappa shape index (κ1) is 18.4. The second-order valence-corrected chi connectivity index (χ2v) is 6.71. The molecule has 0 bridgehead atoms. The smallest absolute Gasteiger partial charge is 0.341 e. The average Bonchev–Trinajstić information content (AvgIpc) is 3.18. The van der Waals surface area contributed by atoms with Crippen LogP contribution in [0.5, 0.6) is 0 Å². The fraction of sp³-hybridized carbons (Fsp3) is 0.429. The number of ether oxygens (including phenoxy) is 2. The summed E-state index contributed by atoms with van der Waals surface area (Å²) in [5, 5.41) is 4.14. The van der Waals surface area contributed by atoms with E-state index in [1.54, 1.807) is 17.8 Å². The highest BCUT2D eigenvalue weighted by Gasteiger charge is 2.27. The Labute approximate surface area is 154 Å². The third kappa shape index (κ3) is 3.58. The molecule has 1 aliphatic carbocycles. The van der Waals surface area contributed by atoms with Crippen LogP contribution in [0.3, 0.4) is 0 Å². The lowest BCUT2D eigenvalue weighted by molar-refractivity contribution is 0.0523. The predicted molar refractivity (Wildman–Crippen MR) is 101 cm³/mol. The molecule has 0 saturated carbocycles. The van der Waals surface area contributed by atoms with E-state index in [-0.39, 0.29) is 5.97 Å². The van der Waals surface area contributed by atoms with E-state index < -0.39 is 0 Å². The van der Waals surface area contributed by atoms with Crippen LogP contribution in [0.15, 0.2) is 36.2 Å². The molecule has 138 valence electrons. The maximum atomic E-state index is 11.7. The molecule has 1 unspecified atom stereocenters. The van der Waals surface area contributed by atoms with Crippen LogP contribution in [0.25, 0.3) is 5.57 Å². The molecule has 1 aromatic carbocycles. The molecule has 0 saturated heterocycles. The zero-order valence-corrected chi connectivity index (χ0v) is 15.9. The molecule has 0 radical (unpaired) electrons. The molecule has 3 rings (SSSR count). The van der Waals surface area contributed by atoms with Gasteiger partial charge in [-0.15, -0.1) is 0 Å². The van der Waals surface area contributed by atoms with E-state index in [1.165, 1.54) is 34.0 Å². The van der Waals surface area contributed by atoms with E-state index in [9.17, 15) is 4.79 Å². The number of benzene rings is 1. The summed E-state index contributed by atoms with van der Waals surface area (Å²) in [5.41, 5.74) is 7.43. The minimum Gasteiger partial charge on any atom is -0.462 e. The Balaban J connectivity index is 1.55. The molecule has 0 amide bonds. The first-order valence-electron chi connectivity index (χ1n) is 9.07. The normalized spacial score (nSPS) is 16.1. The molecular weight excluding hydrogens is 328 g/mol. The van der Waals surface area contributed by atoms with Crippen LogP contribution in [0.2, 0.25) is 0 Å². The number of esters is 1. The highest BCUT2D eigenvalue weighted by molar-refractivity contribution is 5.88. The minimum absolute atomic E-state index is 0.328. The van der Waals surface area contributed by atoms with Crippen LogP contribution < -0.4 is 0 Å². The lowest BCUT2D eigenvalue weighted by Gasteiger charge is -2.15. The molecule has 0 spiro atoms. The average molecular weight is 354 g/mol. The maximum Gasteiger partial charge on any atom is 0.341 e. The minimum atomic E-state index is -0.354. The summed E-state index contributed by atoms with van der Waals surface area (Å²) in [5.74, 6) is 0.0607. The van der Waals surface area contributed by atoms with Gasteiger partial charge in [-0.2, -0.15) is 5.10 Å². The molecule has 5 heteroatoms. The molecule has 0 aliphatic heterocycles. The van der Waals surface area contributed by atoms with E-state index in [0.29, 0.717) is 31.4 Å². The van der Waals surface area contributed by atoms with Gasteiger partial charge in [0.05, 0.1) is 18.4 Å². The molecule has 1 heterocycles. The highest BCUT2D eigenvalue weighted by Crippen LogP contribution is 2.44. The number of aromatic nitrogens is 2. The van der Waals surface area contributed by atoms with Gasteiger partial charge < -0.3 is 9.47 Å². The summed E-state index contributed by atoms with van der Waals surface area (Å²) in [6, 6.07) is 6.54. The Bertz CT molecular complexity index is 836. The number of hydrogen-bond acceptors (Lipinski definition) is 4. The summed E-state index contributed by atoms with van der Waals surface area (Å²) in [6.45, 7) is 9.71. The SMILES string of the molecule is CCOC(=O)c1cnn(COCCC2C(C)=C(C)c3c(C)cccc32)c1. The van der Waals surface area contributed by atoms with Gasteiger partial charge in [0.1, 0.15) is 6.73 Å². The fourth-order valence-corrected chi connectivity index (χ4v) is 3.67. The Hall–Kier alpha value is -2.40. The largest absolute Gasteiger partial charge is 0.462 e. The summed E-state index contributed by atoms with van der Waals surface area (Å²) < 4.78 is 12.4. The van der Waals surface area contributed by atoms with Crippen molar-refractivity contribution in [3.8, 4) is 0 Å². The van der Waals surface area contributed by atoms with Crippen molar-refractivity contribution < 1.29 is 14.3 Å². The maximum absolute atomic E-state index is 11.7. The van der Waals surface area contributed by atoms with Gasteiger partial charge in [-0.05, 0) is 56.4 Å². The lowest BCUT2D eigenvalue weighted by atomic mass is 9.92. The van der Waals surface area contributed by atoms with Crippen molar-refractivity contribution in [2.45, 2.75) is 46.8 Å². The van der Waals surface area contributed by atoms with Crippen LogP contribution >= 0.6 is 0 Å². The predicted octanol–water partition coefficient (Wildman–Crippen LogP) is 4.32. The first-order valence-corrected chi connectivity index (χ1v) is 9.07. The molecule has 0 fully saturated rings. The van der Waals surface area contributed by atoms with Crippen LogP contribution in [-0.4, -0.2) is 29.0 Å². The highest BCUT2D eigenvalue weighted by atomic mass is 16.5. The van der Waals surface area contributed by atoms with Crippen molar-refractivity contribution >= 4 is 11.5 Å². The molecule has 1 atom stereocenters. The van der Waals surface area contributed by atoms with Gasteiger partial charge in [-0.3, -0.25) is 0 Å². The molecular formula is C21H26N2O3. The zero-order valence-electron chi connectivity index (χ0n) is 15.9. The van der Waals surface area contributed by atoms with Crippen LogP contribution in [-0.2, 0) is 16.2 Å². The van der Waals surface area contributed by atoms with E-state index in [4.69, 9.17) is 9.47 Å². The van der Waals surface area contributed by atoms with Gasteiger partial charge in [0.15, 0.2) is 0 Å². The number of hydrogen-bond donors (Lipinski definition) is 0. The molecule has 26 heavy (non-hydrogen) atoms. The van der Waals surface area contributed by atoms with Crippen molar-refractivity contribution in [3.05, 3.63) is 58.4 Å². The Morgan fingerprint density at radius 1 is 1.27 bits per heavy atom. The van der Waals surface area contributed by atoms with E-state index in [1.807, 2.05) is 0 Å². The number of allylic oxidation sites excluding steroid dienone is 2. The first-order chi connectivity index (χ1) is 12.5. The van der Waals surface area contributed by atoms with Crippen LogP contribution in [0, 0.1) is 6.92 Å². The topological polar surface area (TPSA) is 53.3 Å². The van der Waals surface area contributed by atoms with Crippen LogP contribution in [0.4, 0.5) is 0 Å². The van der Waals surface area contributed by atoms with Gasteiger partial charge in [0.25, 0.3) is 0 Å². The zero-order chi connectivity index (χ0) is 18.7. The molecule has 1 aromatic heterocycles. The quantitative estimate of drug-likeness (QED) is 0.549. The fourth-order valence-electron chi connectivity index (χ4n) is 3.67. The number of rotatable bonds is 7. The molecule has 2 aromatic rings.